The Hall–Kier alpha value is -2.63. The molecular formula is C13H15N5O. The molecule has 0 unspecified atom stereocenters. The fraction of sp³-hybridized carbons (Fsp3) is 0.154. The average Bonchev–Trinajstić information content (AvgIpc) is 2.86. The second kappa shape index (κ2) is 5.34. The van der Waals surface area contributed by atoms with Crippen molar-refractivity contribution in [1.82, 2.24) is 19.9 Å². The normalized spacial score (nSPS) is 10.0. The van der Waals surface area contributed by atoms with Gasteiger partial charge in [0, 0.05) is 5.56 Å². The van der Waals surface area contributed by atoms with Crippen molar-refractivity contribution in [2.75, 3.05) is 5.73 Å². The zero-order chi connectivity index (χ0) is 13.8. The highest BCUT2D eigenvalue weighted by Gasteiger charge is 2.09. The number of hydrogen-bond acceptors (Lipinski definition) is 4. The maximum atomic E-state index is 11.6. The molecule has 98 valence electrons. The molecule has 0 atom stereocenters. The summed E-state index contributed by atoms with van der Waals surface area (Å²) < 4.78 is 0. The van der Waals surface area contributed by atoms with Gasteiger partial charge in [0.05, 0.1) is 0 Å². The van der Waals surface area contributed by atoms with Crippen LogP contribution in [-0.4, -0.2) is 19.9 Å². The van der Waals surface area contributed by atoms with Gasteiger partial charge in [-0.3, -0.25) is 9.78 Å². The zero-order valence-corrected chi connectivity index (χ0v) is 10.8. The molecule has 2 aromatic heterocycles. The molecule has 19 heavy (non-hydrogen) atoms. The van der Waals surface area contributed by atoms with Gasteiger partial charge in [-0.2, -0.15) is 4.98 Å². The van der Waals surface area contributed by atoms with Crippen LogP contribution in [0.4, 0.5) is 5.95 Å². The van der Waals surface area contributed by atoms with E-state index in [-0.39, 0.29) is 11.5 Å². The van der Waals surface area contributed by atoms with E-state index in [9.17, 15) is 4.79 Å². The van der Waals surface area contributed by atoms with Gasteiger partial charge in [-0.15, -0.1) is 0 Å². The predicted octanol–water partition coefficient (Wildman–Crippen LogP) is 1.92. The molecule has 0 spiro atoms. The quantitative estimate of drug-likeness (QED) is 0.620. The van der Waals surface area contributed by atoms with Crippen LogP contribution in [0, 0.1) is 0 Å². The third-order valence-corrected chi connectivity index (χ3v) is 2.43. The van der Waals surface area contributed by atoms with E-state index in [1.807, 2.05) is 44.2 Å². The summed E-state index contributed by atoms with van der Waals surface area (Å²) in [6, 6.07) is 9.50. The first kappa shape index (κ1) is 12.8. The van der Waals surface area contributed by atoms with Crippen molar-refractivity contribution >= 4 is 17.1 Å². The largest absolute Gasteiger partial charge is 0.369 e. The summed E-state index contributed by atoms with van der Waals surface area (Å²) in [5, 5.41) is 0. The third kappa shape index (κ3) is 2.47. The van der Waals surface area contributed by atoms with Crippen LogP contribution in [0.15, 0.2) is 35.1 Å². The van der Waals surface area contributed by atoms with E-state index >= 15 is 0 Å². The second-order valence-corrected chi connectivity index (χ2v) is 3.60. The van der Waals surface area contributed by atoms with Gasteiger partial charge in [0.25, 0.3) is 5.56 Å². The smallest absolute Gasteiger partial charge is 0.278 e. The molecule has 0 aliphatic carbocycles. The van der Waals surface area contributed by atoms with Crippen LogP contribution in [-0.2, 0) is 0 Å². The zero-order valence-electron chi connectivity index (χ0n) is 10.8. The maximum Gasteiger partial charge on any atom is 0.278 e. The molecule has 6 heteroatoms. The molecule has 0 bridgehead atoms. The Bertz CT molecular complexity index is 730. The van der Waals surface area contributed by atoms with Crippen LogP contribution in [0.2, 0.25) is 0 Å². The summed E-state index contributed by atoms with van der Waals surface area (Å²) in [5.74, 6) is 0.665. The number of hydrogen-bond donors (Lipinski definition) is 3. The lowest BCUT2D eigenvalue weighted by atomic mass is 10.2. The number of nitrogens with one attached hydrogen (secondary N) is 2. The molecule has 0 amide bonds. The lowest BCUT2D eigenvalue weighted by Crippen LogP contribution is -2.10. The van der Waals surface area contributed by atoms with Gasteiger partial charge < -0.3 is 10.7 Å². The number of H-pyrrole nitrogens is 2. The lowest BCUT2D eigenvalue weighted by molar-refractivity contribution is 1.17. The lowest BCUT2D eigenvalue weighted by Gasteiger charge is -1.92. The molecule has 0 saturated carbocycles. The Morgan fingerprint density at radius 2 is 1.74 bits per heavy atom. The second-order valence-electron chi connectivity index (χ2n) is 3.60. The number of imidazole rings is 1. The van der Waals surface area contributed by atoms with Crippen molar-refractivity contribution in [1.29, 1.82) is 0 Å². The number of aromatic nitrogens is 4. The summed E-state index contributed by atoms with van der Waals surface area (Å²) >= 11 is 0. The minimum absolute atomic E-state index is 0.0635. The highest BCUT2D eigenvalue weighted by Crippen LogP contribution is 2.17. The summed E-state index contributed by atoms with van der Waals surface area (Å²) in [4.78, 5) is 25.2. The van der Waals surface area contributed by atoms with E-state index in [1.54, 1.807) is 0 Å². The van der Waals surface area contributed by atoms with Crippen LogP contribution in [0.3, 0.4) is 0 Å². The van der Waals surface area contributed by atoms with E-state index in [2.05, 4.69) is 19.9 Å². The summed E-state index contributed by atoms with van der Waals surface area (Å²) in [6.45, 7) is 4.00. The Balaban J connectivity index is 0.000000637. The van der Waals surface area contributed by atoms with Gasteiger partial charge in [0.1, 0.15) is 5.82 Å². The number of fused-ring (bicyclic) bond motifs is 1. The van der Waals surface area contributed by atoms with E-state index < -0.39 is 0 Å². The van der Waals surface area contributed by atoms with Crippen LogP contribution in [0.25, 0.3) is 22.6 Å². The van der Waals surface area contributed by atoms with Gasteiger partial charge in [0.2, 0.25) is 5.95 Å². The SMILES string of the molecule is CC.Nc1nc2nc(-c3ccccc3)[nH]c2c(=O)[nH]1. The molecule has 0 radical (unpaired) electrons. The summed E-state index contributed by atoms with van der Waals surface area (Å²) in [7, 11) is 0. The fourth-order valence-corrected chi connectivity index (χ4v) is 1.66. The van der Waals surface area contributed by atoms with Crippen molar-refractivity contribution < 1.29 is 0 Å². The van der Waals surface area contributed by atoms with Crippen molar-refractivity contribution in [2.45, 2.75) is 13.8 Å². The number of nitrogens with two attached hydrogens (primary N) is 1. The molecule has 3 rings (SSSR count). The number of anilines is 1. The van der Waals surface area contributed by atoms with Crippen LogP contribution in [0.1, 0.15) is 13.8 Å². The molecule has 3 aromatic rings. The highest BCUT2D eigenvalue weighted by molar-refractivity contribution is 5.75. The number of nitrogens with zero attached hydrogens (tertiary/aromatic N) is 2. The number of aromatic amines is 2. The molecule has 0 aliphatic heterocycles. The Morgan fingerprint density at radius 1 is 1.05 bits per heavy atom. The number of benzene rings is 1. The fourth-order valence-electron chi connectivity index (χ4n) is 1.66. The molecule has 0 saturated heterocycles. The third-order valence-electron chi connectivity index (χ3n) is 2.43. The van der Waals surface area contributed by atoms with Crippen LogP contribution < -0.4 is 11.3 Å². The molecule has 1 aromatic carbocycles. The van der Waals surface area contributed by atoms with E-state index in [1.165, 1.54) is 0 Å². The molecule has 6 nitrogen and oxygen atoms in total. The first-order valence-electron chi connectivity index (χ1n) is 6.05. The highest BCUT2D eigenvalue weighted by atomic mass is 16.1. The Morgan fingerprint density at radius 3 is 2.42 bits per heavy atom. The van der Waals surface area contributed by atoms with E-state index in [0.717, 1.165) is 5.56 Å². The Kier molecular flexibility index (Phi) is 3.61. The molecule has 2 heterocycles. The van der Waals surface area contributed by atoms with Gasteiger partial charge in [-0.1, -0.05) is 44.2 Å². The van der Waals surface area contributed by atoms with Gasteiger partial charge in [-0.05, 0) is 0 Å². The van der Waals surface area contributed by atoms with Gasteiger partial charge in [-0.25, -0.2) is 4.98 Å². The first-order chi connectivity index (χ1) is 9.24. The minimum atomic E-state index is -0.317. The van der Waals surface area contributed by atoms with Crippen molar-refractivity contribution in [3.63, 3.8) is 0 Å². The van der Waals surface area contributed by atoms with Crippen molar-refractivity contribution in [2.24, 2.45) is 0 Å². The van der Waals surface area contributed by atoms with Crippen molar-refractivity contribution in [3.8, 4) is 11.4 Å². The topological polar surface area (TPSA) is 100 Å². The standard InChI is InChI=1S/C11H9N5O.C2H6/c12-11-15-9-7(10(17)16-11)13-8(14-9)6-4-2-1-3-5-6;1-2/h1-5H,(H4,12,13,14,15,16,17);1-2H3. The molecular weight excluding hydrogens is 242 g/mol. The number of nitrogen functional groups attached to an aromatic ring is 1. The van der Waals surface area contributed by atoms with Crippen molar-refractivity contribution in [3.05, 3.63) is 40.7 Å². The molecule has 0 aliphatic rings. The summed E-state index contributed by atoms with van der Waals surface area (Å²) in [5.41, 5.74) is 6.68. The van der Waals surface area contributed by atoms with E-state index in [0.29, 0.717) is 17.0 Å². The average molecular weight is 257 g/mol. The van der Waals surface area contributed by atoms with Crippen LogP contribution in [0.5, 0.6) is 0 Å². The molecule has 0 fully saturated rings. The number of rotatable bonds is 1. The predicted molar refractivity (Wildman–Crippen MR) is 75.7 cm³/mol. The first-order valence-corrected chi connectivity index (χ1v) is 6.05. The van der Waals surface area contributed by atoms with Gasteiger partial charge >= 0.3 is 0 Å². The Labute approximate surface area is 109 Å². The van der Waals surface area contributed by atoms with Gasteiger partial charge in [0.15, 0.2) is 11.2 Å². The van der Waals surface area contributed by atoms with Crippen LogP contribution >= 0.6 is 0 Å². The molecule has 4 N–H and O–H groups in total. The summed E-state index contributed by atoms with van der Waals surface area (Å²) in [6.07, 6.45) is 0. The maximum absolute atomic E-state index is 11.6. The monoisotopic (exact) mass is 257 g/mol. The minimum Gasteiger partial charge on any atom is -0.369 e. The van der Waals surface area contributed by atoms with E-state index in [4.69, 9.17) is 5.73 Å².